The fourth-order valence-electron chi connectivity index (χ4n) is 4.59. The van der Waals surface area contributed by atoms with Crippen LogP contribution in [-0.2, 0) is 20.1 Å². The van der Waals surface area contributed by atoms with Gasteiger partial charge in [0.25, 0.3) is 11.5 Å². The van der Waals surface area contributed by atoms with Crippen LogP contribution in [0.4, 0.5) is 5.95 Å². The largest absolute Gasteiger partial charge is 0.355 e. The molecule has 0 saturated carbocycles. The Bertz CT molecular complexity index is 1510. The fourth-order valence-corrected chi connectivity index (χ4v) is 4.59. The lowest BCUT2D eigenvalue weighted by molar-refractivity contribution is 0.0963. The number of halogens is 1. The summed E-state index contributed by atoms with van der Waals surface area (Å²) in [5.74, 6) is -0.212. The van der Waals surface area contributed by atoms with Gasteiger partial charge in [-0.25, -0.2) is 4.79 Å². The molecule has 12 heteroatoms. The molecule has 1 aromatic carbocycles. The molecule has 1 aliphatic rings. The van der Waals surface area contributed by atoms with E-state index in [2.05, 4.69) is 10.2 Å². The molecule has 0 spiro atoms. The number of ketones is 1. The molecule has 0 aliphatic carbocycles. The van der Waals surface area contributed by atoms with Crippen molar-refractivity contribution in [2.75, 3.05) is 25.0 Å². The lowest BCUT2D eigenvalue weighted by Crippen LogP contribution is -2.44. The zero-order valence-corrected chi connectivity index (χ0v) is 22.9. The van der Waals surface area contributed by atoms with Crippen molar-refractivity contribution in [1.82, 2.24) is 24.0 Å². The predicted molar refractivity (Wildman–Crippen MR) is 149 cm³/mol. The Labute approximate surface area is 226 Å². The number of aryl methyl sites for hydroxylation is 1. The topological polar surface area (TPSA) is 137 Å². The fraction of sp³-hybridized carbons (Fsp3) is 0.423. The number of fused-ring (bicyclic) bond motifs is 1. The van der Waals surface area contributed by atoms with E-state index in [1.165, 1.54) is 17.7 Å². The van der Waals surface area contributed by atoms with Gasteiger partial charge in [0.15, 0.2) is 16.9 Å². The Kier molecular flexibility index (Phi) is 8.95. The van der Waals surface area contributed by atoms with E-state index in [0.29, 0.717) is 24.6 Å². The zero-order chi connectivity index (χ0) is 26.9. The Hall–Kier alpha value is -3.70. The summed E-state index contributed by atoms with van der Waals surface area (Å²) in [5.41, 5.74) is 7.11. The summed E-state index contributed by atoms with van der Waals surface area (Å²) in [7, 11) is 3.04. The van der Waals surface area contributed by atoms with E-state index in [0.717, 1.165) is 29.5 Å². The Morgan fingerprint density at radius 1 is 1.18 bits per heavy atom. The van der Waals surface area contributed by atoms with Crippen molar-refractivity contribution in [3.63, 3.8) is 0 Å². The van der Waals surface area contributed by atoms with E-state index >= 15 is 0 Å². The molecular weight excluding hydrogens is 510 g/mol. The molecule has 1 unspecified atom stereocenters. The Morgan fingerprint density at radius 2 is 1.89 bits per heavy atom. The molecule has 1 fully saturated rings. The molecule has 0 radical (unpaired) electrons. The van der Waals surface area contributed by atoms with E-state index in [1.54, 1.807) is 29.8 Å². The number of carbonyl (C=O) groups excluding carboxylic acids is 2. The molecule has 1 saturated heterocycles. The van der Waals surface area contributed by atoms with Crippen LogP contribution in [0.3, 0.4) is 0 Å². The second-order valence-electron chi connectivity index (χ2n) is 9.64. The average Bonchev–Trinajstić information content (AvgIpc) is 3.28. The first-order valence-corrected chi connectivity index (χ1v) is 12.3. The number of amides is 1. The summed E-state index contributed by atoms with van der Waals surface area (Å²) in [6.07, 6.45) is 3.80. The Morgan fingerprint density at radius 3 is 2.55 bits per heavy atom. The molecule has 3 aromatic rings. The van der Waals surface area contributed by atoms with Crippen molar-refractivity contribution in [3.05, 3.63) is 67.9 Å². The van der Waals surface area contributed by atoms with Crippen LogP contribution in [0.2, 0.25) is 0 Å². The van der Waals surface area contributed by atoms with Crippen molar-refractivity contribution in [2.45, 2.75) is 45.8 Å². The number of Topliss-reactive ketones (excluding diaryl/α,β-unsaturated/α-hetero) is 1. The second-order valence-corrected chi connectivity index (χ2v) is 9.64. The molecule has 0 bridgehead atoms. The lowest BCUT2D eigenvalue weighted by atomic mass is 10.1. The highest BCUT2D eigenvalue weighted by Gasteiger charge is 2.26. The highest BCUT2D eigenvalue weighted by Crippen LogP contribution is 2.23. The smallest absolute Gasteiger partial charge is 0.332 e. The maximum absolute atomic E-state index is 13.7. The maximum Gasteiger partial charge on any atom is 0.332 e. The van der Waals surface area contributed by atoms with E-state index in [4.69, 9.17) is 10.7 Å². The van der Waals surface area contributed by atoms with Crippen molar-refractivity contribution < 1.29 is 9.59 Å². The van der Waals surface area contributed by atoms with Crippen molar-refractivity contribution in [3.8, 4) is 0 Å². The second kappa shape index (κ2) is 11.8. The number of nitrogens with zero attached hydrogens (tertiary/aromatic N) is 5. The van der Waals surface area contributed by atoms with Gasteiger partial charge in [-0.05, 0) is 38.8 Å². The quantitative estimate of drug-likeness (QED) is 0.340. The summed E-state index contributed by atoms with van der Waals surface area (Å²) in [4.78, 5) is 58.8. The predicted octanol–water partition coefficient (Wildman–Crippen LogP) is 1.45. The van der Waals surface area contributed by atoms with Gasteiger partial charge in [0.1, 0.15) is 0 Å². The number of aromatic nitrogens is 4. The number of anilines is 1. The van der Waals surface area contributed by atoms with Gasteiger partial charge in [0, 0.05) is 50.9 Å². The summed E-state index contributed by atoms with van der Waals surface area (Å²) in [6.45, 7) is 5.20. The number of hydrogen-bond donors (Lipinski definition) is 2. The third-order valence-corrected chi connectivity index (χ3v) is 6.61. The summed E-state index contributed by atoms with van der Waals surface area (Å²) < 4.78 is 4.04. The maximum atomic E-state index is 13.7. The van der Waals surface area contributed by atoms with Crippen LogP contribution in [0, 0.1) is 0 Å². The van der Waals surface area contributed by atoms with Gasteiger partial charge in [-0.2, -0.15) is 4.98 Å². The minimum Gasteiger partial charge on any atom is -0.355 e. The minimum absolute atomic E-state index is 0. The molecule has 2 aromatic heterocycles. The van der Waals surface area contributed by atoms with Crippen molar-refractivity contribution in [2.24, 2.45) is 12.8 Å². The highest BCUT2D eigenvalue weighted by atomic mass is 35.5. The third kappa shape index (κ3) is 5.58. The Balaban J connectivity index is 0.00000400. The van der Waals surface area contributed by atoms with Gasteiger partial charge in [0.05, 0.1) is 6.54 Å². The van der Waals surface area contributed by atoms with Gasteiger partial charge in [0.2, 0.25) is 5.95 Å². The number of allylic oxidation sites excluding steroid dienone is 2. The van der Waals surface area contributed by atoms with Crippen LogP contribution in [0.5, 0.6) is 0 Å². The molecule has 11 nitrogen and oxygen atoms in total. The van der Waals surface area contributed by atoms with Crippen LogP contribution in [0.15, 0.2) is 45.5 Å². The number of carbonyl (C=O) groups is 2. The van der Waals surface area contributed by atoms with Crippen LogP contribution in [0.25, 0.3) is 11.2 Å². The molecule has 1 amide bonds. The molecule has 1 aliphatic heterocycles. The number of imidazole rings is 1. The molecule has 3 N–H and O–H groups in total. The monoisotopic (exact) mass is 543 g/mol. The van der Waals surface area contributed by atoms with Gasteiger partial charge in [-0.15, -0.1) is 12.4 Å². The average molecular weight is 544 g/mol. The van der Waals surface area contributed by atoms with Gasteiger partial charge < -0.3 is 20.5 Å². The number of piperidine rings is 1. The first-order chi connectivity index (χ1) is 17.6. The van der Waals surface area contributed by atoms with E-state index in [1.807, 2.05) is 19.9 Å². The number of nitrogens with one attached hydrogen (secondary N) is 1. The normalized spacial score (nSPS) is 15.2. The minimum atomic E-state index is -0.637. The molecular formula is C26H34ClN7O4. The SMILES string of the molecule is CNC(=O)c1cccc(C(=O)Cn2c(=O)c3c(nc(N4CCCC(N)C4)n3CC=C(C)C)n(C)c2=O)c1.Cl. The van der Waals surface area contributed by atoms with Gasteiger partial charge in [-0.1, -0.05) is 23.8 Å². The van der Waals surface area contributed by atoms with Gasteiger partial charge in [-0.3, -0.25) is 23.5 Å². The van der Waals surface area contributed by atoms with E-state index in [-0.39, 0.29) is 41.1 Å². The first-order valence-electron chi connectivity index (χ1n) is 12.3. The lowest BCUT2D eigenvalue weighted by Gasteiger charge is -2.31. The van der Waals surface area contributed by atoms with E-state index < -0.39 is 23.6 Å². The number of benzene rings is 1. The molecule has 1 atom stereocenters. The summed E-state index contributed by atoms with van der Waals surface area (Å²) in [5, 5.41) is 2.52. The number of rotatable bonds is 7. The van der Waals surface area contributed by atoms with Crippen LogP contribution >= 0.6 is 12.4 Å². The zero-order valence-electron chi connectivity index (χ0n) is 22.1. The van der Waals surface area contributed by atoms with Crippen LogP contribution in [0.1, 0.15) is 47.4 Å². The van der Waals surface area contributed by atoms with Crippen molar-refractivity contribution in [1.29, 1.82) is 0 Å². The molecule has 3 heterocycles. The first kappa shape index (κ1) is 28.9. The number of hydrogen-bond acceptors (Lipinski definition) is 7. The summed E-state index contributed by atoms with van der Waals surface area (Å²) >= 11 is 0. The molecule has 4 rings (SSSR count). The highest BCUT2D eigenvalue weighted by molar-refractivity contribution is 6.00. The molecule has 204 valence electrons. The van der Waals surface area contributed by atoms with Crippen LogP contribution in [-0.4, -0.2) is 56.6 Å². The molecule has 38 heavy (non-hydrogen) atoms. The van der Waals surface area contributed by atoms with Crippen LogP contribution < -0.4 is 27.2 Å². The van der Waals surface area contributed by atoms with Gasteiger partial charge >= 0.3 is 5.69 Å². The third-order valence-electron chi connectivity index (χ3n) is 6.61. The number of nitrogens with two attached hydrogens (primary N) is 1. The van der Waals surface area contributed by atoms with E-state index in [9.17, 15) is 19.2 Å². The summed E-state index contributed by atoms with van der Waals surface area (Å²) in [6, 6.07) is 6.18. The standard InChI is InChI=1S/C26H33N7O4.ClH/c1-16(2)10-12-32-21-22(29-25(32)31-11-6-9-19(27)14-31)30(4)26(37)33(24(21)36)15-20(34)17-7-5-8-18(13-17)23(35)28-3;/h5,7-8,10,13,19H,6,9,11-12,14-15,27H2,1-4H3,(H,28,35);1H. The van der Waals surface area contributed by atoms with Crippen molar-refractivity contribution >= 4 is 41.2 Å².